The minimum absolute atomic E-state index is 0.0633. The fourth-order valence-electron chi connectivity index (χ4n) is 3.04. The number of benzene rings is 1. The molecule has 0 saturated carbocycles. The lowest BCUT2D eigenvalue weighted by molar-refractivity contribution is 0.242. The summed E-state index contributed by atoms with van der Waals surface area (Å²) in [5.74, 6) is 0.181. The molecule has 0 spiro atoms. The van der Waals surface area contributed by atoms with Gasteiger partial charge in [0.2, 0.25) is 11.8 Å². The van der Waals surface area contributed by atoms with E-state index in [1.807, 2.05) is 45.0 Å². The maximum atomic E-state index is 9.57. The number of H-pyrrole nitrogens is 1. The van der Waals surface area contributed by atoms with E-state index in [0.29, 0.717) is 5.88 Å². The van der Waals surface area contributed by atoms with Gasteiger partial charge in [0.15, 0.2) is 0 Å². The second-order valence-electron chi connectivity index (χ2n) is 6.06. The first-order valence-electron chi connectivity index (χ1n) is 8.04. The van der Waals surface area contributed by atoms with Crippen LogP contribution < -0.4 is 9.47 Å². The van der Waals surface area contributed by atoms with Gasteiger partial charge in [0.05, 0.1) is 12.2 Å². The first kappa shape index (κ1) is 16.1. The number of hydrogen-bond acceptors (Lipinski definition) is 5. The minimum Gasteiger partial charge on any atom is -0.491 e. The highest BCUT2D eigenvalue weighted by molar-refractivity contribution is 5.84. The minimum atomic E-state index is -0.669. The highest BCUT2D eigenvalue weighted by Crippen LogP contribution is 2.43. The van der Waals surface area contributed by atoms with Crippen LogP contribution in [0.15, 0.2) is 24.3 Å². The fourth-order valence-corrected chi connectivity index (χ4v) is 3.04. The lowest BCUT2D eigenvalue weighted by Crippen LogP contribution is -2.31. The highest BCUT2D eigenvalue weighted by atomic mass is 16.5. The van der Waals surface area contributed by atoms with Crippen LogP contribution in [0.1, 0.15) is 43.5 Å². The third-order valence-corrected chi connectivity index (χ3v) is 4.09. The molecule has 0 bridgehead atoms. The molecule has 1 aromatic heterocycles. The molecular formula is C18H20N4O2. The number of nitrogens with zero attached hydrogens (tertiary/aromatic N) is 2. The standard InChI is InChI=1S/C18H20N4O2/c1-4-14-16-15(11-5-7-12(8-6-11)23-10(2)3)13(9-19)17(20)24-18(16)22-21-14/h5-8,10,13,15,20H,4H2,1-3H3,(H,21,22). The Hall–Kier alpha value is -2.81. The Bertz CT molecular complexity index is 786. The molecule has 2 unspecified atom stereocenters. The molecule has 2 atom stereocenters. The number of fused-ring (bicyclic) bond motifs is 1. The summed E-state index contributed by atoms with van der Waals surface area (Å²) < 4.78 is 11.1. The number of hydrogen-bond donors (Lipinski definition) is 2. The van der Waals surface area contributed by atoms with Crippen molar-refractivity contribution in [3.8, 4) is 17.7 Å². The zero-order valence-electron chi connectivity index (χ0n) is 14.0. The van der Waals surface area contributed by atoms with Crippen molar-refractivity contribution in [2.24, 2.45) is 5.92 Å². The monoisotopic (exact) mass is 324 g/mol. The van der Waals surface area contributed by atoms with Crippen LogP contribution >= 0.6 is 0 Å². The Morgan fingerprint density at radius 3 is 2.67 bits per heavy atom. The van der Waals surface area contributed by atoms with E-state index in [1.165, 1.54) is 0 Å². The zero-order chi connectivity index (χ0) is 17.3. The molecular weight excluding hydrogens is 304 g/mol. The molecule has 6 heteroatoms. The van der Waals surface area contributed by atoms with Crippen LogP contribution in [0.4, 0.5) is 0 Å². The van der Waals surface area contributed by atoms with E-state index >= 15 is 0 Å². The van der Waals surface area contributed by atoms with E-state index < -0.39 is 5.92 Å². The highest BCUT2D eigenvalue weighted by Gasteiger charge is 2.40. The second-order valence-corrected chi connectivity index (χ2v) is 6.06. The van der Waals surface area contributed by atoms with Gasteiger partial charge in [-0.25, -0.2) is 0 Å². The maximum absolute atomic E-state index is 9.57. The number of aryl methyl sites for hydroxylation is 1. The van der Waals surface area contributed by atoms with Gasteiger partial charge in [-0.1, -0.05) is 19.1 Å². The van der Waals surface area contributed by atoms with Crippen molar-refractivity contribution >= 4 is 5.90 Å². The Morgan fingerprint density at radius 2 is 2.08 bits per heavy atom. The number of rotatable bonds is 4. The number of nitrogens with one attached hydrogen (secondary N) is 2. The van der Waals surface area contributed by atoms with Gasteiger partial charge in [0.1, 0.15) is 11.7 Å². The second kappa shape index (κ2) is 6.36. The Balaban J connectivity index is 2.05. The molecule has 1 aliphatic heterocycles. The number of nitriles is 1. The van der Waals surface area contributed by atoms with Crippen LogP contribution in [0, 0.1) is 22.7 Å². The first-order valence-corrected chi connectivity index (χ1v) is 8.04. The summed E-state index contributed by atoms with van der Waals surface area (Å²) >= 11 is 0. The summed E-state index contributed by atoms with van der Waals surface area (Å²) in [6.45, 7) is 5.97. The van der Waals surface area contributed by atoms with Crippen LogP contribution in [0.5, 0.6) is 11.6 Å². The predicted molar refractivity (Wildman–Crippen MR) is 89.5 cm³/mol. The van der Waals surface area contributed by atoms with E-state index in [-0.39, 0.29) is 17.9 Å². The van der Waals surface area contributed by atoms with E-state index in [1.54, 1.807) is 0 Å². The van der Waals surface area contributed by atoms with E-state index in [0.717, 1.165) is 29.0 Å². The molecule has 2 N–H and O–H groups in total. The smallest absolute Gasteiger partial charge is 0.243 e. The quantitative estimate of drug-likeness (QED) is 0.901. The van der Waals surface area contributed by atoms with Gasteiger partial charge in [-0.05, 0) is 38.0 Å². The van der Waals surface area contributed by atoms with Crippen LogP contribution in [-0.4, -0.2) is 22.2 Å². The van der Waals surface area contributed by atoms with Gasteiger partial charge in [0, 0.05) is 17.2 Å². The van der Waals surface area contributed by atoms with Gasteiger partial charge in [-0.2, -0.15) is 5.26 Å². The third-order valence-electron chi connectivity index (χ3n) is 4.09. The van der Waals surface area contributed by atoms with Crippen molar-refractivity contribution < 1.29 is 9.47 Å². The average Bonchev–Trinajstić information content (AvgIpc) is 2.96. The Labute approximate surface area is 140 Å². The van der Waals surface area contributed by atoms with Crippen molar-refractivity contribution in [3.63, 3.8) is 0 Å². The molecule has 2 heterocycles. The molecule has 124 valence electrons. The number of aromatic nitrogens is 2. The lowest BCUT2D eigenvalue weighted by Gasteiger charge is -2.28. The summed E-state index contributed by atoms with van der Waals surface area (Å²) in [5.41, 5.74) is 2.76. The molecule has 1 aromatic carbocycles. The first-order chi connectivity index (χ1) is 11.5. The van der Waals surface area contributed by atoms with Crippen LogP contribution in [0.2, 0.25) is 0 Å². The van der Waals surface area contributed by atoms with Crippen molar-refractivity contribution in [2.45, 2.75) is 39.2 Å². The summed E-state index contributed by atoms with van der Waals surface area (Å²) in [6.07, 6.45) is 0.855. The van der Waals surface area contributed by atoms with Crippen molar-refractivity contribution in [1.29, 1.82) is 10.7 Å². The van der Waals surface area contributed by atoms with Gasteiger partial charge >= 0.3 is 0 Å². The van der Waals surface area contributed by atoms with Crippen molar-refractivity contribution in [3.05, 3.63) is 41.1 Å². The van der Waals surface area contributed by atoms with Gasteiger partial charge in [-0.3, -0.25) is 10.5 Å². The normalized spacial score (nSPS) is 19.5. The summed E-state index contributed by atoms with van der Waals surface area (Å²) in [7, 11) is 0. The van der Waals surface area contributed by atoms with Gasteiger partial charge in [-0.15, -0.1) is 5.10 Å². The summed E-state index contributed by atoms with van der Waals surface area (Å²) in [5, 5.41) is 24.7. The fraction of sp³-hybridized carbons (Fsp3) is 0.389. The molecule has 1 aliphatic rings. The molecule has 0 amide bonds. The molecule has 0 radical (unpaired) electrons. The van der Waals surface area contributed by atoms with Crippen LogP contribution in [0.25, 0.3) is 0 Å². The van der Waals surface area contributed by atoms with Crippen LogP contribution in [-0.2, 0) is 6.42 Å². The SMILES string of the molecule is CCc1[nH]nc2c1C(c1ccc(OC(C)C)cc1)C(C#N)C(=N)O2. The van der Waals surface area contributed by atoms with Crippen LogP contribution in [0.3, 0.4) is 0 Å². The molecule has 24 heavy (non-hydrogen) atoms. The molecule has 0 saturated heterocycles. The molecule has 0 fully saturated rings. The van der Waals surface area contributed by atoms with E-state index in [4.69, 9.17) is 14.9 Å². The number of ether oxygens (including phenoxy) is 2. The van der Waals surface area contributed by atoms with Gasteiger partial charge < -0.3 is 9.47 Å². The summed E-state index contributed by atoms with van der Waals surface area (Å²) in [4.78, 5) is 0. The maximum Gasteiger partial charge on any atom is 0.243 e. The lowest BCUT2D eigenvalue weighted by atomic mass is 9.79. The van der Waals surface area contributed by atoms with Gasteiger partial charge in [0.25, 0.3) is 0 Å². The molecule has 2 aromatic rings. The van der Waals surface area contributed by atoms with E-state index in [9.17, 15) is 5.26 Å². The zero-order valence-corrected chi connectivity index (χ0v) is 14.0. The molecule has 0 aliphatic carbocycles. The topological polar surface area (TPSA) is 94.8 Å². The third kappa shape index (κ3) is 2.73. The average molecular weight is 324 g/mol. The van der Waals surface area contributed by atoms with Crippen molar-refractivity contribution in [2.75, 3.05) is 0 Å². The van der Waals surface area contributed by atoms with E-state index in [2.05, 4.69) is 16.3 Å². The molecule has 6 nitrogen and oxygen atoms in total. The largest absolute Gasteiger partial charge is 0.491 e. The Kier molecular flexibility index (Phi) is 4.26. The summed E-state index contributed by atoms with van der Waals surface area (Å²) in [6, 6.07) is 9.89. The Morgan fingerprint density at radius 1 is 1.38 bits per heavy atom. The molecule has 3 rings (SSSR count). The van der Waals surface area contributed by atoms with Crippen molar-refractivity contribution in [1.82, 2.24) is 10.2 Å². The predicted octanol–water partition coefficient (Wildman–Crippen LogP) is 3.40. The number of aromatic amines is 1.